The van der Waals surface area contributed by atoms with E-state index in [1.807, 2.05) is 0 Å². The van der Waals surface area contributed by atoms with E-state index in [2.05, 4.69) is 20.8 Å². The highest BCUT2D eigenvalue weighted by atomic mass is 16.5. The maximum absolute atomic E-state index is 12.1. The second-order valence-corrected chi connectivity index (χ2v) is 13.5. The molecule has 5 heteroatoms. The molecule has 0 heterocycles. The second kappa shape index (κ2) is 34.8. The Labute approximate surface area is 274 Å². The first kappa shape index (κ1) is 42.9. The van der Waals surface area contributed by atoms with Crippen LogP contribution in [-0.4, -0.2) is 36.4 Å². The van der Waals surface area contributed by atoms with E-state index in [0.717, 1.165) is 70.1 Å². The molecule has 0 aliphatic rings. The third-order valence-corrected chi connectivity index (χ3v) is 9.07. The van der Waals surface area contributed by atoms with Crippen LogP contribution in [0.15, 0.2) is 0 Å². The lowest BCUT2D eigenvalue weighted by molar-refractivity contribution is -0.145. The van der Waals surface area contributed by atoms with Gasteiger partial charge in [-0.25, -0.2) is 0 Å². The minimum absolute atomic E-state index is 0.0127. The Morgan fingerprint density at radius 3 is 1.30 bits per heavy atom. The van der Waals surface area contributed by atoms with Crippen LogP contribution in [0.5, 0.6) is 0 Å². The largest absolute Gasteiger partial charge is 0.466 e. The van der Waals surface area contributed by atoms with E-state index < -0.39 is 0 Å². The Balaban J connectivity index is 3.43. The van der Waals surface area contributed by atoms with Crippen molar-refractivity contribution in [3.63, 3.8) is 0 Å². The Kier molecular flexibility index (Phi) is 33.9. The molecule has 0 bridgehead atoms. The van der Waals surface area contributed by atoms with Gasteiger partial charge in [0.15, 0.2) is 0 Å². The van der Waals surface area contributed by atoms with Crippen LogP contribution < -0.4 is 0 Å². The third-order valence-electron chi connectivity index (χ3n) is 9.07. The summed E-state index contributed by atoms with van der Waals surface area (Å²) in [6, 6.07) is 0. The molecule has 0 saturated heterocycles. The highest BCUT2D eigenvalue weighted by Gasteiger charge is 2.10. The number of hydrogen-bond donors (Lipinski definition) is 1. The van der Waals surface area contributed by atoms with Gasteiger partial charge in [0, 0.05) is 12.8 Å². The molecule has 0 rings (SSSR count). The molecule has 0 aliphatic heterocycles. The third kappa shape index (κ3) is 32.3. The van der Waals surface area contributed by atoms with Crippen LogP contribution in [0.2, 0.25) is 0 Å². The van der Waals surface area contributed by atoms with Gasteiger partial charge in [-0.05, 0) is 44.4 Å². The van der Waals surface area contributed by atoms with Crippen molar-refractivity contribution in [1.82, 2.24) is 0 Å². The maximum atomic E-state index is 12.1. The number of carbonyl (C=O) groups is 2. The van der Waals surface area contributed by atoms with Crippen molar-refractivity contribution in [2.75, 3.05) is 13.2 Å². The lowest BCUT2D eigenvalue weighted by Gasteiger charge is -2.16. The zero-order valence-electron chi connectivity index (χ0n) is 29.9. The first-order valence-electron chi connectivity index (χ1n) is 19.5. The number of aliphatic hydroxyl groups is 1. The van der Waals surface area contributed by atoms with E-state index in [1.165, 1.54) is 116 Å². The lowest BCUT2D eigenvalue weighted by atomic mass is 9.93. The van der Waals surface area contributed by atoms with Gasteiger partial charge >= 0.3 is 11.9 Å². The van der Waals surface area contributed by atoms with E-state index in [-0.39, 0.29) is 18.0 Å². The Hall–Kier alpha value is -1.10. The molecule has 1 atom stereocenters. The molecule has 262 valence electrons. The minimum atomic E-state index is -0.146. The van der Waals surface area contributed by atoms with Gasteiger partial charge in [0.25, 0.3) is 0 Å². The van der Waals surface area contributed by atoms with Gasteiger partial charge in [0.05, 0.1) is 19.3 Å². The first-order chi connectivity index (χ1) is 21.5. The molecule has 0 amide bonds. The molecule has 1 unspecified atom stereocenters. The number of ether oxygens (including phenoxy) is 2. The van der Waals surface area contributed by atoms with Crippen LogP contribution in [-0.2, 0) is 19.1 Å². The molecule has 1 N–H and O–H groups in total. The molecular weight excluding hydrogens is 548 g/mol. The van der Waals surface area contributed by atoms with Gasteiger partial charge < -0.3 is 14.6 Å². The fourth-order valence-corrected chi connectivity index (χ4v) is 6.00. The Bertz CT molecular complexity index is 599. The summed E-state index contributed by atoms with van der Waals surface area (Å²) in [5.74, 6) is 0.680. The molecule has 0 aromatic rings. The lowest BCUT2D eigenvalue weighted by Crippen LogP contribution is -2.10. The highest BCUT2D eigenvalue weighted by Crippen LogP contribution is 2.20. The van der Waals surface area contributed by atoms with Crippen LogP contribution in [0.3, 0.4) is 0 Å². The summed E-state index contributed by atoms with van der Waals surface area (Å²) >= 11 is 0. The first-order valence-corrected chi connectivity index (χ1v) is 19.5. The van der Waals surface area contributed by atoms with Crippen LogP contribution in [0, 0.1) is 5.92 Å². The standard InChI is InChI=1S/C39H76O5/c1-4-7-10-21-26-34-43-38(41)31-24-19-15-11-13-17-22-29-37(40)30-23-18-14-12-16-20-25-32-39(42)44-35-33-36(27-8-5-2)28-9-6-3/h36-37,40H,4-35H2,1-3H3. The Morgan fingerprint density at radius 2 is 0.818 bits per heavy atom. The van der Waals surface area contributed by atoms with Crippen molar-refractivity contribution in [3.05, 3.63) is 0 Å². The van der Waals surface area contributed by atoms with E-state index in [1.54, 1.807) is 0 Å². The Morgan fingerprint density at radius 1 is 0.432 bits per heavy atom. The van der Waals surface area contributed by atoms with Crippen molar-refractivity contribution in [2.45, 2.75) is 219 Å². The molecular formula is C39H76O5. The number of aliphatic hydroxyl groups excluding tert-OH is 1. The van der Waals surface area contributed by atoms with Crippen LogP contribution >= 0.6 is 0 Å². The molecule has 0 saturated carbocycles. The normalized spacial score (nSPS) is 12.1. The molecule has 0 fully saturated rings. The van der Waals surface area contributed by atoms with Crippen LogP contribution in [0.1, 0.15) is 213 Å². The zero-order valence-corrected chi connectivity index (χ0v) is 29.9. The van der Waals surface area contributed by atoms with Gasteiger partial charge in [-0.3, -0.25) is 9.59 Å². The summed E-state index contributed by atoms with van der Waals surface area (Å²) in [4.78, 5) is 23.8. The van der Waals surface area contributed by atoms with Gasteiger partial charge in [0.2, 0.25) is 0 Å². The number of unbranched alkanes of at least 4 members (excludes halogenated alkanes) is 18. The highest BCUT2D eigenvalue weighted by molar-refractivity contribution is 5.69. The molecule has 5 nitrogen and oxygen atoms in total. The zero-order chi connectivity index (χ0) is 32.4. The van der Waals surface area contributed by atoms with E-state index in [4.69, 9.17) is 9.47 Å². The molecule has 0 aromatic carbocycles. The minimum Gasteiger partial charge on any atom is -0.466 e. The summed E-state index contributed by atoms with van der Waals surface area (Å²) in [7, 11) is 0. The summed E-state index contributed by atoms with van der Waals surface area (Å²) in [5, 5.41) is 10.3. The van der Waals surface area contributed by atoms with Crippen molar-refractivity contribution < 1.29 is 24.2 Å². The van der Waals surface area contributed by atoms with Gasteiger partial charge in [-0.15, -0.1) is 0 Å². The van der Waals surface area contributed by atoms with E-state index >= 15 is 0 Å². The van der Waals surface area contributed by atoms with E-state index in [9.17, 15) is 14.7 Å². The smallest absolute Gasteiger partial charge is 0.305 e. The SMILES string of the molecule is CCCCCCCOC(=O)CCCCCCCCCC(O)CCCCCCCCCC(=O)OCCC(CCCC)CCCC. The van der Waals surface area contributed by atoms with Gasteiger partial charge in [0.1, 0.15) is 0 Å². The number of carbonyl (C=O) groups excluding carboxylic acids is 2. The van der Waals surface area contributed by atoms with Crippen LogP contribution in [0.25, 0.3) is 0 Å². The fraction of sp³-hybridized carbons (Fsp3) is 0.949. The number of rotatable bonds is 35. The monoisotopic (exact) mass is 625 g/mol. The quantitative estimate of drug-likeness (QED) is 0.0561. The predicted molar refractivity (Wildman–Crippen MR) is 187 cm³/mol. The molecule has 0 aliphatic carbocycles. The van der Waals surface area contributed by atoms with Crippen LogP contribution in [0.4, 0.5) is 0 Å². The molecule has 0 aromatic heterocycles. The summed E-state index contributed by atoms with van der Waals surface area (Å²) in [6.07, 6.45) is 33.4. The number of hydrogen-bond acceptors (Lipinski definition) is 5. The average molecular weight is 625 g/mol. The average Bonchev–Trinajstić information content (AvgIpc) is 3.02. The van der Waals surface area contributed by atoms with Gasteiger partial charge in [-0.1, -0.05) is 162 Å². The number of esters is 2. The fourth-order valence-electron chi connectivity index (χ4n) is 6.00. The summed E-state index contributed by atoms with van der Waals surface area (Å²) in [5.41, 5.74) is 0. The molecule has 0 spiro atoms. The summed E-state index contributed by atoms with van der Waals surface area (Å²) in [6.45, 7) is 7.89. The van der Waals surface area contributed by atoms with E-state index in [0.29, 0.717) is 26.1 Å². The topological polar surface area (TPSA) is 72.8 Å². The molecule has 44 heavy (non-hydrogen) atoms. The summed E-state index contributed by atoms with van der Waals surface area (Å²) < 4.78 is 10.9. The van der Waals surface area contributed by atoms with Crippen molar-refractivity contribution in [2.24, 2.45) is 5.92 Å². The van der Waals surface area contributed by atoms with Crippen molar-refractivity contribution in [1.29, 1.82) is 0 Å². The molecule has 0 radical (unpaired) electrons. The van der Waals surface area contributed by atoms with Crippen molar-refractivity contribution >= 4 is 11.9 Å². The van der Waals surface area contributed by atoms with Gasteiger partial charge in [-0.2, -0.15) is 0 Å². The predicted octanol–water partition coefficient (Wildman–Crippen LogP) is 11.8. The second-order valence-electron chi connectivity index (χ2n) is 13.5. The maximum Gasteiger partial charge on any atom is 0.305 e. The van der Waals surface area contributed by atoms with Crippen molar-refractivity contribution in [3.8, 4) is 0 Å².